The van der Waals surface area contributed by atoms with Gasteiger partial charge in [0.1, 0.15) is 28.1 Å². The van der Waals surface area contributed by atoms with Crippen molar-refractivity contribution < 1.29 is 37.8 Å². The Labute approximate surface area is 418 Å². The smallest absolute Gasteiger partial charge is 0.420 e. The number of aromatic nitrogens is 8. The molecule has 0 unspecified atom stereocenters. The Kier molecular flexibility index (Phi) is 19.1. The molecule has 0 aromatic carbocycles. The van der Waals surface area contributed by atoms with E-state index < -0.39 is 40.0 Å². The zero-order valence-corrected chi connectivity index (χ0v) is 45.3. The number of nitrogens with zero attached hydrogens (tertiary/aromatic N) is 7. The topological polar surface area (TPSA) is 224 Å². The number of anilines is 1. The van der Waals surface area contributed by atoms with E-state index in [1.54, 1.807) is 63.8 Å². The minimum Gasteiger partial charge on any atom is -0.443 e. The summed E-state index contributed by atoms with van der Waals surface area (Å²) in [6.45, 7) is 23.9. The summed E-state index contributed by atoms with van der Waals surface area (Å²) in [4.78, 5) is 60.7. The van der Waals surface area contributed by atoms with E-state index in [-0.39, 0.29) is 24.9 Å². The van der Waals surface area contributed by atoms with E-state index >= 15 is 0 Å². The number of carbonyl (C=O) groups excluding carboxylic acids is 3. The zero-order chi connectivity index (χ0) is 51.3. The molecule has 0 fully saturated rings. The number of aliphatic hydroxyl groups is 1. The molecule has 0 amide bonds. The Bertz CT molecular complexity index is 3010. The van der Waals surface area contributed by atoms with Crippen molar-refractivity contribution in [2.75, 3.05) is 18.9 Å². The summed E-state index contributed by atoms with van der Waals surface area (Å²) in [5.74, 6) is 7.53. The molecule has 7 aromatic heterocycles. The predicted octanol–water partition coefficient (Wildman–Crippen LogP) is 9.85. The van der Waals surface area contributed by atoms with Crippen LogP contribution in [-0.4, -0.2) is 103 Å². The molecule has 0 atom stereocenters. The van der Waals surface area contributed by atoms with Crippen molar-refractivity contribution in [1.29, 1.82) is 0 Å². The molecule has 20 heteroatoms. The lowest BCUT2D eigenvalue weighted by molar-refractivity contribution is 0.0532. The van der Waals surface area contributed by atoms with Gasteiger partial charge in [0.15, 0.2) is 16.6 Å². The van der Waals surface area contributed by atoms with Gasteiger partial charge < -0.3 is 34.1 Å². The second-order valence-electron chi connectivity index (χ2n) is 19.0. The van der Waals surface area contributed by atoms with Gasteiger partial charge in [0.2, 0.25) is 11.7 Å². The number of H-pyrrole nitrogens is 1. The van der Waals surface area contributed by atoms with Gasteiger partial charge in [-0.25, -0.2) is 43.6 Å². The largest absolute Gasteiger partial charge is 0.443 e. The Hall–Kier alpha value is -6.28. The number of Topliss-reactive ketones (excluding diaryl/α,β-unsaturated/α-hetero) is 1. The van der Waals surface area contributed by atoms with Gasteiger partial charge >= 0.3 is 12.2 Å². The fourth-order valence-corrected chi connectivity index (χ4v) is 7.48. The summed E-state index contributed by atoms with van der Waals surface area (Å²) in [6.07, 6.45) is 13.9. The van der Waals surface area contributed by atoms with Crippen LogP contribution in [0, 0.1) is 27.8 Å². The molecule has 0 aliphatic heterocycles. The minimum atomic E-state index is -1.68. The first kappa shape index (κ1) is 55.3. The highest BCUT2D eigenvalue weighted by Crippen LogP contribution is 2.27. The molecule has 17 nitrogen and oxygen atoms in total. The Morgan fingerprint density at radius 3 is 1.84 bits per heavy atom. The van der Waals surface area contributed by atoms with Crippen LogP contribution in [0.15, 0.2) is 79.6 Å². The number of hydrogen-bond acceptors (Lipinski definition) is 14. The van der Waals surface area contributed by atoms with Gasteiger partial charge in [-0.1, -0.05) is 11.8 Å². The van der Waals surface area contributed by atoms with E-state index in [1.165, 1.54) is 15.3 Å². The van der Waals surface area contributed by atoms with Gasteiger partial charge in [0.05, 0.1) is 36.8 Å². The maximum Gasteiger partial charge on any atom is 0.420 e. The number of nitrogens with two attached hydrogens (primary N) is 1. The Morgan fingerprint density at radius 1 is 0.783 bits per heavy atom. The van der Waals surface area contributed by atoms with Gasteiger partial charge in [0.25, 0.3) is 0 Å². The van der Waals surface area contributed by atoms with Crippen molar-refractivity contribution >= 4 is 96.2 Å². The summed E-state index contributed by atoms with van der Waals surface area (Å²) in [7, 11) is -3.00. The van der Waals surface area contributed by atoms with Gasteiger partial charge in [-0.3, -0.25) is 4.79 Å². The third-order valence-electron chi connectivity index (χ3n) is 8.56. The van der Waals surface area contributed by atoms with Gasteiger partial charge in [-0.05, 0) is 152 Å². The molecule has 4 N–H and O–H groups in total. The first-order chi connectivity index (χ1) is 32.2. The number of rotatable bonds is 7. The van der Waals surface area contributed by atoms with Crippen LogP contribution in [0.2, 0.25) is 39.3 Å². The van der Waals surface area contributed by atoms with Crippen LogP contribution in [0.5, 0.6) is 0 Å². The molecule has 7 heterocycles. The number of pyridine rings is 3. The highest BCUT2D eigenvalue weighted by Gasteiger charge is 2.24. The number of halogens is 1. The monoisotopic (exact) mass is 1090 g/mol. The van der Waals surface area contributed by atoms with Crippen LogP contribution in [0.3, 0.4) is 0 Å². The van der Waals surface area contributed by atoms with Crippen LogP contribution in [0.4, 0.5) is 15.5 Å². The minimum absolute atomic E-state index is 0.148. The van der Waals surface area contributed by atoms with Crippen molar-refractivity contribution in [2.24, 2.45) is 0 Å². The second kappa shape index (κ2) is 23.8. The molecule has 0 spiro atoms. The number of aliphatic hydroxyl groups excluding tert-OH is 1. The molecule has 0 saturated heterocycles. The van der Waals surface area contributed by atoms with Crippen LogP contribution in [-0.2, 0) is 24.9 Å². The van der Waals surface area contributed by atoms with Crippen LogP contribution in [0.25, 0.3) is 44.4 Å². The van der Waals surface area contributed by atoms with E-state index in [0.717, 1.165) is 25.6 Å². The van der Waals surface area contributed by atoms with E-state index in [1.807, 2.05) is 51.2 Å². The SMILES string of the molecule is C#CCO[Si](C)(C)C.CC(C)(C)OC(=O)n1cc(C(=O)C#CCO[Si](C)(C)C)c2cccnc21.CC(C)(C)OC(=O)n1cc(I)c2cccnc21.Nc1nc(CO)cc(-c2c[nH]c3ncccc23)n1. The third kappa shape index (κ3) is 17.3. The number of hydrogen-bond donors (Lipinski definition) is 3. The molecule has 0 aliphatic rings. The maximum atomic E-state index is 12.5. The zero-order valence-electron chi connectivity index (χ0n) is 41.1. The van der Waals surface area contributed by atoms with Crippen molar-refractivity contribution in [3.8, 4) is 35.4 Å². The van der Waals surface area contributed by atoms with Crippen LogP contribution >= 0.6 is 22.6 Å². The summed E-state index contributed by atoms with van der Waals surface area (Å²) in [5.41, 5.74) is 8.63. The number of fused-ring (bicyclic) bond motifs is 3. The molecule has 0 saturated carbocycles. The van der Waals surface area contributed by atoms with Gasteiger partial charge in [-0.15, -0.1) is 6.42 Å². The van der Waals surface area contributed by atoms with E-state index in [9.17, 15) is 14.4 Å². The van der Waals surface area contributed by atoms with E-state index in [0.29, 0.717) is 40.2 Å². The van der Waals surface area contributed by atoms with E-state index in [2.05, 4.69) is 110 Å². The molecular weight excluding hydrogens is 1030 g/mol. The average Bonchev–Trinajstić information content (AvgIpc) is 3.97. The molecular formula is C49H60IN9O8Si2. The fourth-order valence-electron chi connectivity index (χ4n) is 5.76. The Balaban J connectivity index is 0.000000213. The first-order valence-corrected chi connectivity index (χ1v) is 29.6. The highest BCUT2D eigenvalue weighted by atomic mass is 127. The molecule has 0 radical (unpaired) electrons. The van der Waals surface area contributed by atoms with Crippen LogP contribution < -0.4 is 5.73 Å². The lowest BCUT2D eigenvalue weighted by Gasteiger charge is -2.19. The molecule has 364 valence electrons. The van der Waals surface area contributed by atoms with Crippen LogP contribution in [0.1, 0.15) is 57.6 Å². The van der Waals surface area contributed by atoms with Crippen molar-refractivity contribution in [3.05, 3.63) is 94.5 Å². The maximum absolute atomic E-state index is 12.5. The Morgan fingerprint density at radius 2 is 1.30 bits per heavy atom. The number of terminal acetylenes is 1. The number of ether oxygens (including phenoxy) is 2. The van der Waals surface area contributed by atoms with Crippen molar-refractivity contribution in [3.63, 3.8) is 0 Å². The highest BCUT2D eigenvalue weighted by molar-refractivity contribution is 14.1. The molecule has 7 rings (SSSR count). The normalized spacial score (nSPS) is 11.4. The quantitative estimate of drug-likeness (QED) is 0.0444. The lowest BCUT2D eigenvalue weighted by Crippen LogP contribution is -2.26. The average molecular weight is 1090 g/mol. The number of nitrogen functional groups attached to an aromatic ring is 1. The second-order valence-corrected chi connectivity index (χ2v) is 29.2. The summed E-state index contributed by atoms with van der Waals surface area (Å²) in [6, 6.07) is 12.8. The van der Waals surface area contributed by atoms with Gasteiger partial charge in [-0.2, -0.15) is 0 Å². The third-order valence-corrected chi connectivity index (χ3v) is 11.4. The number of carbonyl (C=O) groups is 3. The molecule has 69 heavy (non-hydrogen) atoms. The first-order valence-electron chi connectivity index (χ1n) is 21.7. The standard InChI is InChI=1S/C19H24N2O4Si.C12H13IN2O2.C12H11N5O.C6H12OSi/c1-19(2,3)25-18(23)21-13-15(14-9-7-11-20-17(14)21)16(22)10-8-12-24-26(4,5)6;1-12(2,3)17-11(16)15-7-9(13)8-5-4-6-14-10(8)15;13-12-16-7(6-18)4-10(17-12)9-5-15-11-8(9)2-1-3-14-11;1-5-6-7-8(2,3)4/h7,9,11,13H,12H2,1-6H3;4-7H,1-3H3;1-5,18H,6H2,(H,14,15)(H2,13,16,17);1H,6H2,2-4H3. The number of nitrogens with one attached hydrogen (secondary N) is 1. The van der Waals surface area contributed by atoms with Gasteiger partial charge in [0, 0.05) is 62.5 Å². The van der Waals surface area contributed by atoms with Crippen molar-refractivity contribution in [1.82, 2.24) is 39.0 Å². The lowest BCUT2D eigenvalue weighted by atomic mass is 10.1. The summed E-state index contributed by atoms with van der Waals surface area (Å²) >= 11 is 2.18. The fraction of sp³-hybridized carbons (Fsp3) is 0.347. The molecule has 7 aromatic rings. The summed E-state index contributed by atoms with van der Waals surface area (Å²) in [5, 5.41) is 11.6. The van der Waals surface area contributed by atoms with Crippen molar-refractivity contribution in [2.45, 2.75) is 98.6 Å². The molecule has 0 aliphatic carbocycles. The van der Waals surface area contributed by atoms with E-state index in [4.69, 9.17) is 35.6 Å². The molecule has 0 bridgehead atoms. The number of aromatic amines is 1. The predicted molar refractivity (Wildman–Crippen MR) is 282 cm³/mol. The number of ketones is 1. The summed E-state index contributed by atoms with van der Waals surface area (Å²) < 4.78 is 25.3.